The van der Waals surface area contributed by atoms with Crippen molar-refractivity contribution in [2.75, 3.05) is 18.4 Å². The Balaban J connectivity index is 1.24. The van der Waals surface area contributed by atoms with Gasteiger partial charge in [-0.2, -0.15) is 5.10 Å². The molecule has 0 spiro atoms. The molecule has 1 fully saturated rings. The number of amides is 2. The topological polar surface area (TPSA) is 80.1 Å². The van der Waals surface area contributed by atoms with Crippen molar-refractivity contribution in [3.63, 3.8) is 0 Å². The summed E-state index contributed by atoms with van der Waals surface area (Å²) in [7, 11) is 0. The fraction of sp³-hybridized carbons (Fsp3) is 0.500. The number of fused-ring (bicyclic) bond motifs is 1. The molecule has 0 bridgehead atoms. The summed E-state index contributed by atoms with van der Waals surface area (Å²) in [6.45, 7) is 9.45. The highest BCUT2D eigenvalue weighted by Crippen LogP contribution is 2.26. The smallest absolute Gasteiger partial charge is 0.224 e. The first-order valence-corrected chi connectivity index (χ1v) is 12.1. The molecule has 4 rings (SSSR count). The molecule has 1 atom stereocenters. The molecule has 1 aliphatic rings. The van der Waals surface area contributed by atoms with E-state index in [4.69, 9.17) is 0 Å². The number of anilines is 1. The lowest BCUT2D eigenvalue weighted by Gasteiger charge is -2.32. The van der Waals surface area contributed by atoms with Crippen LogP contribution in [0.3, 0.4) is 0 Å². The van der Waals surface area contributed by atoms with Gasteiger partial charge in [-0.25, -0.2) is 4.98 Å². The Labute approximate surface area is 192 Å². The molecule has 1 aromatic carbocycles. The molecule has 32 heavy (non-hydrogen) atoms. The van der Waals surface area contributed by atoms with Gasteiger partial charge in [0.25, 0.3) is 0 Å². The minimum absolute atomic E-state index is 0.0357. The van der Waals surface area contributed by atoms with Crippen LogP contribution >= 0.6 is 11.3 Å². The zero-order valence-electron chi connectivity index (χ0n) is 19.2. The number of nitrogens with zero attached hydrogens (tertiary/aromatic N) is 4. The van der Waals surface area contributed by atoms with E-state index >= 15 is 0 Å². The molecule has 1 aliphatic heterocycles. The van der Waals surface area contributed by atoms with Crippen molar-refractivity contribution in [1.29, 1.82) is 0 Å². The minimum atomic E-state index is 0.0357. The van der Waals surface area contributed by atoms with Crippen molar-refractivity contribution in [2.45, 2.75) is 59.4 Å². The van der Waals surface area contributed by atoms with Crippen molar-refractivity contribution in [2.24, 2.45) is 5.92 Å². The monoisotopic (exact) mass is 453 g/mol. The minimum Gasteiger partial charge on any atom is -0.343 e. The fourth-order valence-corrected chi connectivity index (χ4v) is 5.41. The number of carbonyl (C=O) groups is 2. The van der Waals surface area contributed by atoms with E-state index in [9.17, 15) is 9.59 Å². The predicted octanol–water partition coefficient (Wildman–Crippen LogP) is 4.64. The molecule has 1 unspecified atom stereocenters. The number of rotatable bonds is 6. The number of hydrogen-bond donors (Lipinski definition) is 1. The SMILES string of the molecule is Cc1cc(C)n(C(C)CC(=O)N2CCC(CC(=O)Nc3ccc4nc(C)sc4c3)CC2)n1. The first-order valence-electron chi connectivity index (χ1n) is 11.3. The molecule has 8 heteroatoms. The van der Waals surface area contributed by atoms with E-state index in [1.165, 1.54) is 0 Å². The number of likely N-dealkylation sites (tertiary alicyclic amines) is 1. The van der Waals surface area contributed by atoms with Crippen molar-refractivity contribution < 1.29 is 9.59 Å². The van der Waals surface area contributed by atoms with E-state index in [-0.39, 0.29) is 17.9 Å². The van der Waals surface area contributed by atoms with Gasteiger partial charge < -0.3 is 10.2 Å². The van der Waals surface area contributed by atoms with Gasteiger partial charge in [-0.05, 0) is 70.7 Å². The third-order valence-electron chi connectivity index (χ3n) is 6.15. The van der Waals surface area contributed by atoms with Gasteiger partial charge in [0.05, 0.1) is 27.0 Å². The van der Waals surface area contributed by atoms with Crippen LogP contribution in [0.15, 0.2) is 24.3 Å². The summed E-state index contributed by atoms with van der Waals surface area (Å²) in [6, 6.07) is 7.92. The van der Waals surface area contributed by atoms with Gasteiger partial charge in [-0.15, -0.1) is 11.3 Å². The number of aromatic nitrogens is 3. The number of benzene rings is 1. The maximum absolute atomic E-state index is 12.8. The summed E-state index contributed by atoms with van der Waals surface area (Å²) in [5.74, 6) is 0.511. The molecule has 3 aromatic rings. The average Bonchev–Trinajstić information content (AvgIpc) is 3.28. The Morgan fingerprint density at radius 3 is 2.62 bits per heavy atom. The van der Waals surface area contributed by atoms with Crippen LogP contribution in [-0.2, 0) is 9.59 Å². The summed E-state index contributed by atoms with van der Waals surface area (Å²) in [4.78, 5) is 31.7. The van der Waals surface area contributed by atoms with Gasteiger partial charge in [0.1, 0.15) is 0 Å². The van der Waals surface area contributed by atoms with Gasteiger partial charge in [0.2, 0.25) is 11.8 Å². The lowest BCUT2D eigenvalue weighted by molar-refractivity contribution is -0.133. The van der Waals surface area contributed by atoms with Crippen molar-refractivity contribution in [1.82, 2.24) is 19.7 Å². The summed E-state index contributed by atoms with van der Waals surface area (Å²) >= 11 is 1.63. The Morgan fingerprint density at radius 1 is 1.19 bits per heavy atom. The van der Waals surface area contributed by atoms with Crippen LogP contribution in [0.1, 0.15) is 55.0 Å². The van der Waals surface area contributed by atoms with Crippen molar-refractivity contribution >= 4 is 39.1 Å². The summed E-state index contributed by atoms with van der Waals surface area (Å²) in [6.07, 6.45) is 2.66. The molecule has 1 saturated heterocycles. The lowest BCUT2D eigenvalue weighted by Crippen LogP contribution is -2.40. The lowest BCUT2D eigenvalue weighted by atomic mass is 9.93. The first kappa shape index (κ1) is 22.5. The molecule has 170 valence electrons. The third-order valence-corrected chi connectivity index (χ3v) is 7.09. The Bertz CT molecular complexity index is 1130. The quantitative estimate of drug-likeness (QED) is 0.590. The molecule has 2 aromatic heterocycles. The second-order valence-corrected chi connectivity index (χ2v) is 10.2. The molecule has 0 saturated carbocycles. The largest absolute Gasteiger partial charge is 0.343 e. The number of hydrogen-bond acceptors (Lipinski definition) is 5. The summed E-state index contributed by atoms with van der Waals surface area (Å²) in [5.41, 5.74) is 3.84. The van der Waals surface area contributed by atoms with Gasteiger partial charge in [-0.1, -0.05) is 0 Å². The van der Waals surface area contributed by atoms with Gasteiger partial charge >= 0.3 is 0 Å². The highest BCUT2D eigenvalue weighted by Gasteiger charge is 2.26. The van der Waals surface area contributed by atoms with Gasteiger partial charge in [0.15, 0.2) is 0 Å². The predicted molar refractivity (Wildman–Crippen MR) is 128 cm³/mol. The number of piperidine rings is 1. The number of nitrogens with one attached hydrogen (secondary N) is 1. The fourth-order valence-electron chi connectivity index (χ4n) is 4.54. The molecule has 7 nitrogen and oxygen atoms in total. The standard InChI is InChI=1S/C24H31N5O2S/c1-15-11-16(2)29(27-15)17(3)12-24(31)28-9-7-19(8-10-28)13-23(30)26-20-5-6-21-22(14-20)32-18(4)25-21/h5-6,11,14,17,19H,7-10,12-13H2,1-4H3,(H,26,30). The van der Waals surface area contributed by atoms with Gasteiger partial charge in [0, 0.05) is 37.3 Å². The highest BCUT2D eigenvalue weighted by atomic mass is 32.1. The molecular formula is C24H31N5O2S. The van der Waals surface area contributed by atoms with E-state index in [2.05, 4.69) is 15.4 Å². The Kier molecular flexibility index (Phi) is 6.60. The van der Waals surface area contributed by atoms with Crippen molar-refractivity contribution in [3.05, 3.63) is 40.7 Å². The molecule has 0 aliphatic carbocycles. The highest BCUT2D eigenvalue weighted by molar-refractivity contribution is 7.18. The third kappa shape index (κ3) is 5.18. The maximum atomic E-state index is 12.8. The molecule has 2 amide bonds. The normalized spacial score (nSPS) is 15.8. The van der Waals surface area contributed by atoms with Crippen LogP contribution in [0, 0.1) is 26.7 Å². The number of aryl methyl sites for hydroxylation is 3. The maximum Gasteiger partial charge on any atom is 0.224 e. The zero-order valence-corrected chi connectivity index (χ0v) is 20.0. The second-order valence-electron chi connectivity index (χ2n) is 8.92. The second kappa shape index (κ2) is 9.40. The van der Waals surface area contributed by atoms with E-state index in [0.29, 0.717) is 31.8 Å². The Morgan fingerprint density at radius 2 is 1.94 bits per heavy atom. The van der Waals surface area contributed by atoms with E-state index in [1.54, 1.807) is 11.3 Å². The number of carbonyl (C=O) groups excluding carboxylic acids is 2. The van der Waals surface area contributed by atoms with Crippen LogP contribution in [0.2, 0.25) is 0 Å². The molecular weight excluding hydrogens is 422 g/mol. The molecule has 1 N–H and O–H groups in total. The van der Waals surface area contributed by atoms with Crippen LogP contribution in [0.5, 0.6) is 0 Å². The van der Waals surface area contributed by atoms with Gasteiger partial charge in [-0.3, -0.25) is 14.3 Å². The van der Waals surface area contributed by atoms with Crippen molar-refractivity contribution in [3.8, 4) is 0 Å². The van der Waals surface area contributed by atoms with Crippen LogP contribution in [0.4, 0.5) is 5.69 Å². The molecule has 3 heterocycles. The first-order chi connectivity index (χ1) is 15.3. The summed E-state index contributed by atoms with van der Waals surface area (Å²) in [5, 5.41) is 8.55. The number of thiazole rings is 1. The average molecular weight is 454 g/mol. The Hall–Kier alpha value is -2.74. The summed E-state index contributed by atoms with van der Waals surface area (Å²) < 4.78 is 3.02. The van der Waals surface area contributed by atoms with E-state index in [1.807, 2.05) is 61.5 Å². The zero-order chi connectivity index (χ0) is 22.8. The van der Waals surface area contributed by atoms with E-state index in [0.717, 1.165) is 45.1 Å². The van der Waals surface area contributed by atoms with E-state index < -0.39 is 0 Å². The molecule has 0 radical (unpaired) electrons. The van der Waals surface area contributed by atoms with Crippen LogP contribution in [0.25, 0.3) is 10.2 Å². The van der Waals surface area contributed by atoms with Crippen LogP contribution in [-0.4, -0.2) is 44.6 Å². The van der Waals surface area contributed by atoms with Crippen LogP contribution < -0.4 is 5.32 Å².